The third-order valence-corrected chi connectivity index (χ3v) is 4.56. The summed E-state index contributed by atoms with van der Waals surface area (Å²) in [5, 5.41) is 3.94. The van der Waals surface area contributed by atoms with E-state index in [2.05, 4.69) is 12.2 Å². The molecule has 17 heavy (non-hydrogen) atoms. The third kappa shape index (κ3) is 4.26. The van der Waals surface area contributed by atoms with Crippen LogP contribution in [0.4, 0.5) is 0 Å². The zero-order valence-electron chi connectivity index (χ0n) is 11.4. The molecule has 1 saturated carbocycles. The van der Waals surface area contributed by atoms with Crippen LogP contribution in [0.3, 0.4) is 0 Å². The second-order valence-electron chi connectivity index (χ2n) is 5.82. The van der Waals surface area contributed by atoms with Gasteiger partial charge in [-0.3, -0.25) is 0 Å². The molecular formula is C15H29NO. The Kier molecular flexibility index (Phi) is 5.79. The summed E-state index contributed by atoms with van der Waals surface area (Å²) in [5.41, 5.74) is 0. The Labute approximate surface area is 107 Å². The molecular weight excluding hydrogens is 210 g/mol. The van der Waals surface area contributed by atoms with E-state index in [4.69, 9.17) is 4.74 Å². The van der Waals surface area contributed by atoms with E-state index in [-0.39, 0.29) is 0 Å². The lowest BCUT2D eigenvalue weighted by molar-refractivity contribution is 0.141. The first-order chi connectivity index (χ1) is 8.40. The topological polar surface area (TPSA) is 21.3 Å². The van der Waals surface area contributed by atoms with Gasteiger partial charge in [0.2, 0.25) is 0 Å². The molecule has 0 amide bonds. The van der Waals surface area contributed by atoms with Gasteiger partial charge in [-0.1, -0.05) is 26.2 Å². The molecule has 2 aliphatic rings. The van der Waals surface area contributed by atoms with Crippen LogP contribution in [-0.2, 0) is 4.74 Å². The fourth-order valence-corrected chi connectivity index (χ4v) is 3.50. The van der Waals surface area contributed by atoms with Gasteiger partial charge < -0.3 is 10.1 Å². The molecule has 2 atom stereocenters. The lowest BCUT2D eigenvalue weighted by atomic mass is 9.82. The Hall–Kier alpha value is -0.0800. The van der Waals surface area contributed by atoms with Crippen LogP contribution in [-0.4, -0.2) is 25.3 Å². The molecule has 2 rings (SSSR count). The zero-order chi connectivity index (χ0) is 11.9. The van der Waals surface area contributed by atoms with Crippen molar-refractivity contribution in [2.24, 2.45) is 5.92 Å². The van der Waals surface area contributed by atoms with E-state index in [9.17, 15) is 0 Å². The van der Waals surface area contributed by atoms with E-state index in [0.717, 1.165) is 25.2 Å². The Morgan fingerprint density at radius 1 is 1.00 bits per heavy atom. The lowest BCUT2D eigenvalue weighted by Crippen LogP contribution is -2.43. The van der Waals surface area contributed by atoms with E-state index in [1.165, 1.54) is 57.8 Å². The van der Waals surface area contributed by atoms with Crippen LogP contribution >= 0.6 is 0 Å². The molecule has 1 heterocycles. The SMILES string of the molecule is CCC(NC1CCCOCC1)C1CCCCC1. The highest BCUT2D eigenvalue weighted by molar-refractivity contribution is 4.82. The van der Waals surface area contributed by atoms with E-state index in [1.807, 2.05) is 0 Å². The number of hydrogen-bond donors (Lipinski definition) is 1. The van der Waals surface area contributed by atoms with Gasteiger partial charge in [-0.25, -0.2) is 0 Å². The largest absolute Gasteiger partial charge is 0.381 e. The summed E-state index contributed by atoms with van der Waals surface area (Å²) in [5.74, 6) is 0.943. The van der Waals surface area contributed by atoms with Gasteiger partial charge in [-0.2, -0.15) is 0 Å². The van der Waals surface area contributed by atoms with Crippen molar-refractivity contribution in [2.45, 2.75) is 76.8 Å². The summed E-state index contributed by atoms with van der Waals surface area (Å²) in [4.78, 5) is 0. The molecule has 0 aromatic carbocycles. The zero-order valence-corrected chi connectivity index (χ0v) is 11.4. The number of rotatable bonds is 4. The molecule has 2 nitrogen and oxygen atoms in total. The molecule has 1 N–H and O–H groups in total. The smallest absolute Gasteiger partial charge is 0.0480 e. The number of ether oxygens (including phenoxy) is 1. The first-order valence-corrected chi connectivity index (χ1v) is 7.74. The molecule has 1 saturated heterocycles. The Morgan fingerprint density at radius 2 is 1.82 bits per heavy atom. The van der Waals surface area contributed by atoms with Gasteiger partial charge >= 0.3 is 0 Å². The minimum Gasteiger partial charge on any atom is -0.381 e. The average molecular weight is 239 g/mol. The van der Waals surface area contributed by atoms with Crippen LogP contribution in [0.15, 0.2) is 0 Å². The monoisotopic (exact) mass is 239 g/mol. The van der Waals surface area contributed by atoms with Crippen molar-refractivity contribution in [1.29, 1.82) is 0 Å². The molecule has 0 spiro atoms. The average Bonchev–Trinajstić information content (AvgIpc) is 2.65. The van der Waals surface area contributed by atoms with Crippen molar-refractivity contribution < 1.29 is 4.74 Å². The number of nitrogens with one attached hydrogen (secondary N) is 1. The second-order valence-corrected chi connectivity index (χ2v) is 5.82. The highest BCUT2D eigenvalue weighted by Gasteiger charge is 2.24. The van der Waals surface area contributed by atoms with Crippen LogP contribution in [0.5, 0.6) is 0 Å². The molecule has 2 fully saturated rings. The maximum Gasteiger partial charge on any atom is 0.0480 e. The van der Waals surface area contributed by atoms with Gasteiger partial charge in [-0.15, -0.1) is 0 Å². The fraction of sp³-hybridized carbons (Fsp3) is 1.00. The summed E-state index contributed by atoms with van der Waals surface area (Å²) in [6, 6.07) is 1.47. The highest BCUT2D eigenvalue weighted by Crippen LogP contribution is 2.28. The van der Waals surface area contributed by atoms with Crippen molar-refractivity contribution in [2.75, 3.05) is 13.2 Å². The molecule has 2 unspecified atom stereocenters. The van der Waals surface area contributed by atoms with Gasteiger partial charge in [0, 0.05) is 25.3 Å². The summed E-state index contributed by atoms with van der Waals surface area (Å²) in [7, 11) is 0. The molecule has 0 radical (unpaired) electrons. The summed E-state index contributed by atoms with van der Waals surface area (Å²) in [6.07, 6.45) is 12.3. The maximum absolute atomic E-state index is 5.55. The minimum absolute atomic E-state index is 0.712. The molecule has 0 aromatic heterocycles. The summed E-state index contributed by atoms with van der Waals surface area (Å²) in [6.45, 7) is 4.27. The Bertz CT molecular complexity index is 193. The molecule has 2 heteroatoms. The van der Waals surface area contributed by atoms with Gasteiger partial charge in [-0.05, 0) is 44.4 Å². The van der Waals surface area contributed by atoms with Gasteiger partial charge in [0.25, 0.3) is 0 Å². The van der Waals surface area contributed by atoms with Crippen LogP contribution < -0.4 is 5.32 Å². The van der Waals surface area contributed by atoms with Crippen LogP contribution in [0.1, 0.15) is 64.7 Å². The van der Waals surface area contributed by atoms with Gasteiger partial charge in [0.15, 0.2) is 0 Å². The molecule has 0 aromatic rings. The van der Waals surface area contributed by atoms with Crippen LogP contribution in [0, 0.1) is 5.92 Å². The normalized spacial score (nSPS) is 29.8. The van der Waals surface area contributed by atoms with E-state index >= 15 is 0 Å². The second kappa shape index (κ2) is 7.38. The lowest BCUT2D eigenvalue weighted by Gasteiger charge is -2.33. The standard InChI is InChI=1S/C15H29NO/c1-2-15(13-7-4-3-5-8-13)16-14-9-6-11-17-12-10-14/h13-16H,2-12H2,1H3. The van der Waals surface area contributed by atoms with E-state index in [1.54, 1.807) is 0 Å². The molecule has 100 valence electrons. The van der Waals surface area contributed by atoms with Crippen molar-refractivity contribution in [1.82, 2.24) is 5.32 Å². The van der Waals surface area contributed by atoms with E-state index < -0.39 is 0 Å². The first kappa shape index (κ1) is 13.4. The van der Waals surface area contributed by atoms with E-state index in [0.29, 0.717) is 6.04 Å². The van der Waals surface area contributed by atoms with Crippen LogP contribution in [0.2, 0.25) is 0 Å². The van der Waals surface area contributed by atoms with Crippen molar-refractivity contribution in [3.63, 3.8) is 0 Å². The highest BCUT2D eigenvalue weighted by atomic mass is 16.5. The Balaban J connectivity index is 1.80. The fourth-order valence-electron chi connectivity index (χ4n) is 3.50. The third-order valence-electron chi connectivity index (χ3n) is 4.56. The number of hydrogen-bond acceptors (Lipinski definition) is 2. The molecule has 1 aliphatic heterocycles. The van der Waals surface area contributed by atoms with Crippen molar-refractivity contribution >= 4 is 0 Å². The predicted octanol–water partition coefficient (Wildman–Crippen LogP) is 3.50. The molecule has 1 aliphatic carbocycles. The maximum atomic E-state index is 5.55. The minimum atomic E-state index is 0.712. The Morgan fingerprint density at radius 3 is 2.59 bits per heavy atom. The van der Waals surface area contributed by atoms with Crippen molar-refractivity contribution in [3.8, 4) is 0 Å². The quantitative estimate of drug-likeness (QED) is 0.810. The summed E-state index contributed by atoms with van der Waals surface area (Å²) >= 11 is 0. The van der Waals surface area contributed by atoms with Gasteiger partial charge in [0.05, 0.1) is 0 Å². The van der Waals surface area contributed by atoms with Gasteiger partial charge in [0.1, 0.15) is 0 Å². The first-order valence-electron chi connectivity index (χ1n) is 7.74. The molecule has 0 bridgehead atoms. The summed E-state index contributed by atoms with van der Waals surface area (Å²) < 4.78 is 5.55. The van der Waals surface area contributed by atoms with Crippen molar-refractivity contribution in [3.05, 3.63) is 0 Å². The van der Waals surface area contributed by atoms with Crippen LogP contribution in [0.25, 0.3) is 0 Å². The predicted molar refractivity (Wildman–Crippen MR) is 72.2 cm³/mol.